The summed E-state index contributed by atoms with van der Waals surface area (Å²) < 4.78 is 0. The molecule has 1 amide bonds. The minimum absolute atomic E-state index is 0.238. The maximum Gasteiger partial charge on any atom is 0.224 e. The average molecular weight is 367 g/mol. The molecule has 4 rings (SSSR count). The predicted molar refractivity (Wildman–Crippen MR) is 103 cm³/mol. The molecule has 0 spiro atoms. The Morgan fingerprint density at radius 3 is 2.78 bits per heavy atom. The largest absolute Gasteiger partial charge is 0.391 e. The van der Waals surface area contributed by atoms with Crippen molar-refractivity contribution < 1.29 is 9.90 Å². The summed E-state index contributed by atoms with van der Waals surface area (Å²) in [6, 6.07) is 10.0. The van der Waals surface area contributed by atoms with Gasteiger partial charge in [0.05, 0.1) is 6.10 Å². The van der Waals surface area contributed by atoms with E-state index >= 15 is 0 Å². The molecule has 2 aromatic rings. The van der Waals surface area contributed by atoms with E-state index in [2.05, 4.69) is 32.3 Å². The fourth-order valence-corrected chi connectivity index (χ4v) is 3.70. The number of carbonyl (C=O) groups is 1. The lowest BCUT2D eigenvalue weighted by Gasteiger charge is -2.19. The minimum atomic E-state index is -0.281. The first-order valence-electron chi connectivity index (χ1n) is 9.53. The summed E-state index contributed by atoms with van der Waals surface area (Å²) in [7, 11) is 0. The fraction of sp³-hybridized carbons (Fsp3) is 0.450. The molecule has 7 nitrogen and oxygen atoms in total. The Kier molecular flexibility index (Phi) is 5.20. The molecule has 27 heavy (non-hydrogen) atoms. The Morgan fingerprint density at radius 2 is 2.04 bits per heavy atom. The number of rotatable bonds is 6. The smallest absolute Gasteiger partial charge is 0.224 e. The number of amides is 1. The van der Waals surface area contributed by atoms with E-state index in [9.17, 15) is 9.90 Å². The number of nitrogens with zero attached hydrogens (tertiary/aromatic N) is 4. The van der Waals surface area contributed by atoms with Gasteiger partial charge in [-0.05, 0) is 30.0 Å². The van der Waals surface area contributed by atoms with Crippen LogP contribution in [0.25, 0.3) is 0 Å². The number of β-amino-alcohol motifs (C(OH)–C–C–N with tert-alkyl or cyclic N) is 1. The maximum absolute atomic E-state index is 11.9. The Morgan fingerprint density at radius 1 is 1.19 bits per heavy atom. The van der Waals surface area contributed by atoms with Crippen LogP contribution in [0.3, 0.4) is 0 Å². The van der Waals surface area contributed by atoms with Crippen molar-refractivity contribution in [3.05, 3.63) is 47.7 Å². The van der Waals surface area contributed by atoms with Gasteiger partial charge in [-0.25, -0.2) is 4.98 Å². The molecule has 2 saturated heterocycles. The monoisotopic (exact) mass is 367 g/mol. The molecule has 1 aromatic carbocycles. The summed E-state index contributed by atoms with van der Waals surface area (Å²) in [4.78, 5) is 24.8. The second kappa shape index (κ2) is 7.92. The van der Waals surface area contributed by atoms with Crippen LogP contribution < -0.4 is 10.2 Å². The highest BCUT2D eigenvalue weighted by molar-refractivity contribution is 5.78. The Labute approximate surface area is 159 Å². The summed E-state index contributed by atoms with van der Waals surface area (Å²) in [5.41, 5.74) is 2.29. The van der Waals surface area contributed by atoms with Gasteiger partial charge in [0.2, 0.25) is 11.9 Å². The van der Waals surface area contributed by atoms with Crippen LogP contribution in [0, 0.1) is 0 Å². The van der Waals surface area contributed by atoms with Gasteiger partial charge in [-0.1, -0.05) is 24.3 Å². The Balaban J connectivity index is 1.42. The summed E-state index contributed by atoms with van der Waals surface area (Å²) in [5, 5.41) is 13.0. The lowest BCUT2D eigenvalue weighted by Crippen LogP contribution is -2.24. The number of hydrogen-bond donors (Lipinski definition) is 2. The van der Waals surface area contributed by atoms with Gasteiger partial charge in [0.15, 0.2) is 0 Å². The van der Waals surface area contributed by atoms with E-state index in [0.29, 0.717) is 32.0 Å². The first-order chi connectivity index (χ1) is 13.2. The molecule has 1 atom stereocenters. The van der Waals surface area contributed by atoms with Crippen molar-refractivity contribution in [2.75, 3.05) is 29.9 Å². The molecule has 1 aromatic heterocycles. The standard InChI is InChI=1S/C20H25N5O2/c26-17-8-11-24(14-17)18-7-9-21-20(23-18)22-12-15-4-1-2-5-16(15)13-25-10-3-6-19(25)27/h1-2,4-5,7,9,17,26H,3,6,8,10-14H2,(H,21,22,23)/t17-/m0/s1. The van der Waals surface area contributed by atoms with Crippen molar-refractivity contribution in [2.24, 2.45) is 0 Å². The van der Waals surface area contributed by atoms with Crippen molar-refractivity contribution in [1.82, 2.24) is 14.9 Å². The fourth-order valence-electron chi connectivity index (χ4n) is 3.70. The third kappa shape index (κ3) is 4.19. The van der Waals surface area contributed by atoms with E-state index in [1.807, 2.05) is 23.1 Å². The van der Waals surface area contributed by atoms with Crippen molar-refractivity contribution in [2.45, 2.75) is 38.5 Å². The highest BCUT2D eigenvalue weighted by atomic mass is 16.3. The SMILES string of the molecule is O=C1CCCN1Cc1ccccc1CNc1nccc(N2CC[C@H](O)C2)n1. The molecular weight excluding hydrogens is 342 g/mol. The number of carbonyl (C=O) groups excluding carboxylic acids is 1. The first kappa shape index (κ1) is 17.7. The zero-order valence-corrected chi connectivity index (χ0v) is 15.3. The quantitative estimate of drug-likeness (QED) is 0.810. The van der Waals surface area contributed by atoms with Crippen LogP contribution in [0.15, 0.2) is 36.5 Å². The van der Waals surface area contributed by atoms with Crippen LogP contribution in [0.2, 0.25) is 0 Å². The third-order valence-corrected chi connectivity index (χ3v) is 5.22. The number of likely N-dealkylation sites (tertiary alicyclic amines) is 1. The van der Waals surface area contributed by atoms with Crippen LogP contribution in [-0.2, 0) is 17.9 Å². The van der Waals surface area contributed by atoms with Crippen LogP contribution >= 0.6 is 0 Å². The van der Waals surface area contributed by atoms with Gasteiger partial charge >= 0.3 is 0 Å². The topological polar surface area (TPSA) is 81.6 Å². The summed E-state index contributed by atoms with van der Waals surface area (Å²) in [5.74, 6) is 1.64. The highest BCUT2D eigenvalue weighted by Gasteiger charge is 2.22. The Hall–Kier alpha value is -2.67. The van der Waals surface area contributed by atoms with Crippen molar-refractivity contribution in [3.8, 4) is 0 Å². The maximum atomic E-state index is 11.9. The van der Waals surface area contributed by atoms with Gasteiger partial charge in [0.1, 0.15) is 5.82 Å². The van der Waals surface area contributed by atoms with Gasteiger partial charge in [0.25, 0.3) is 0 Å². The third-order valence-electron chi connectivity index (χ3n) is 5.22. The molecular formula is C20H25N5O2. The highest BCUT2D eigenvalue weighted by Crippen LogP contribution is 2.20. The second-order valence-electron chi connectivity index (χ2n) is 7.17. The summed E-state index contributed by atoms with van der Waals surface area (Å²) in [6.45, 7) is 3.52. The van der Waals surface area contributed by atoms with Crippen LogP contribution in [0.5, 0.6) is 0 Å². The molecule has 3 heterocycles. The van der Waals surface area contributed by atoms with Gasteiger partial charge < -0.3 is 20.2 Å². The van der Waals surface area contributed by atoms with Gasteiger partial charge in [-0.3, -0.25) is 4.79 Å². The zero-order chi connectivity index (χ0) is 18.6. The average Bonchev–Trinajstić information content (AvgIpc) is 3.30. The molecule has 142 valence electrons. The molecule has 0 unspecified atom stereocenters. The number of aliphatic hydroxyl groups excluding tert-OH is 1. The molecule has 2 fully saturated rings. The van der Waals surface area contributed by atoms with Gasteiger partial charge in [0, 0.05) is 45.3 Å². The zero-order valence-electron chi connectivity index (χ0n) is 15.3. The normalized spacial score (nSPS) is 19.7. The summed E-state index contributed by atoms with van der Waals surface area (Å²) >= 11 is 0. The number of nitrogens with one attached hydrogen (secondary N) is 1. The summed E-state index contributed by atoms with van der Waals surface area (Å²) in [6.07, 6.45) is 3.84. The predicted octanol–water partition coefficient (Wildman–Crippen LogP) is 1.78. The molecule has 0 radical (unpaired) electrons. The van der Waals surface area contributed by atoms with E-state index in [1.165, 1.54) is 0 Å². The van der Waals surface area contributed by atoms with Gasteiger partial charge in [-0.15, -0.1) is 0 Å². The van der Waals surface area contributed by atoms with E-state index in [1.54, 1.807) is 6.20 Å². The van der Waals surface area contributed by atoms with E-state index in [0.717, 1.165) is 42.9 Å². The van der Waals surface area contributed by atoms with E-state index in [-0.39, 0.29) is 12.0 Å². The van der Waals surface area contributed by atoms with Crippen molar-refractivity contribution in [3.63, 3.8) is 0 Å². The van der Waals surface area contributed by atoms with E-state index < -0.39 is 0 Å². The number of aromatic nitrogens is 2. The van der Waals surface area contributed by atoms with Crippen molar-refractivity contribution in [1.29, 1.82) is 0 Å². The number of benzene rings is 1. The van der Waals surface area contributed by atoms with E-state index in [4.69, 9.17) is 0 Å². The van der Waals surface area contributed by atoms with Crippen LogP contribution in [0.1, 0.15) is 30.4 Å². The first-order valence-corrected chi connectivity index (χ1v) is 9.53. The van der Waals surface area contributed by atoms with Crippen molar-refractivity contribution >= 4 is 17.7 Å². The second-order valence-corrected chi connectivity index (χ2v) is 7.17. The van der Waals surface area contributed by atoms with Gasteiger partial charge in [-0.2, -0.15) is 4.98 Å². The molecule has 0 bridgehead atoms. The lowest BCUT2D eigenvalue weighted by molar-refractivity contribution is -0.128. The van der Waals surface area contributed by atoms with Crippen LogP contribution in [0.4, 0.5) is 11.8 Å². The number of anilines is 2. The molecule has 0 aliphatic carbocycles. The van der Waals surface area contributed by atoms with Crippen LogP contribution in [-0.4, -0.2) is 51.6 Å². The number of aliphatic hydroxyl groups is 1. The molecule has 7 heteroatoms. The molecule has 0 saturated carbocycles. The molecule has 2 aliphatic rings. The molecule has 2 N–H and O–H groups in total. The number of hydrogen-bond acceptors (Lipinski definition) is 6. The lowest BCUT2D eigenvalue weighted by atomic mass is 10.1. The molecule has 2 aliphatic heterocycles. The minimum Gasteiger partial charge on any atom is -0.391 e. The Bertz CT molecular complexity index is 812.